The molecule has 8 heteroatoms. The molecule has 0 spiro atoms. The first kappa shape index (κ1) is 18.9. The first-order valence-corrected chi connectivity index (χ1v) is 8.63. The first-order chi connectivity index (χ1) is 12.7. The fourth-order valence-electron chi connectivity index (χ4n) is 5.60. The fourth-order valence-corrected chi connectivity index (χ4v) is 5.60. The van der Waals surface area contributed by atoms with E-state index in [0.717, 1.165) is 0 Å². The molecule has 2 aliphatic rings. The third-order valence-electron chi connectivity index (χ3n) is 6.47. The van der Waals surface area contributed by atoms with Gasteiger partial charge in [0.1, 0.15) is 5.41 Å². The summed E-state index contributed by atoms with van der Waals surface area (Å²) in [6, 6.07) is 7.96. The van der Waals surface area contributed by atoms with Crippen LogP contribution in [0.1, 0.15) is 18.9 Å². The maximum Gasteiger partial charge on any atom is 0.315 e. The van der Waals surface area contributed by atoms with Gasteiger partial charge in [0.05, 0.1) is 17.8 Å². The Hall–Kier alpha value is -2.90. The Morgan fingerprint density at radius 3 is 1.96 bits per heavy atom. The molecule has 27 heavy (non-hydrogen) atoms. The number of carboxylic acid groups (broad SMARTS) is 4. The van der Waals surface area contributed by atoms with Crippen LogP contribution in [-0.4, -0.2) is 44.3 Å². The topological polar surface area (TPSA) is 149 Å². The Bertz CT molecular complexity index is 801. The fraction of sp³-hybridized carbons (Fsp3) is 0.474. The molecule has 0 saturated heterocycles. The van der Waals surface area contributed by atoms with Crippen LogP contribution in [0, 0.1) is 35.5 Å². The van der Waals surface area contributed by atoms with Crippen molar-refractivity contribution in [2.75, 3.05) is 0 Å². The van der Waals surface area contributed by atoms with Gasteiger partial charge < -0.3 is 20.4 Å². The molecule has 0 aromatic heterocycles. The van der Waals surface area contributed by atoms with Gasteiger partial charge in [-0.2, -0.15) is 0 Å². The number of hydrogen-bond acceptors (Lipinski definition) is 4. The molecule has 2 fully saturated rings. The molecule has 0 heterocycles. The van der Waals surface area contributed by atoms with E-state index in [1.807, 2.05) is 0 Å². The largest absolute Gasteiger partial charge is 0.481 e. The molecule has 2 aliphatic carbocycles. The van der Waals surface area contributed by atoms with Gasteiger partial charge in [-0.15, -0.1) is 0 Å². The van der Waals surface area contributed by atoms with Gasteiger partial charge in [-0.1, -0.05) is 37.3 Å². The number of carboxylic acids is 4. The lowest BCUT2D eigenvalue weighted by atomic mass is 9.37. The molecule has 4 N–H and O–H groups in total. The Balaban J connectivity index is 2.19. The zero-order valence-corrected chi connectivity index (χ0v) is 14.5. The van der Waals surface area contributed by atoms with Crippen LogP contribution in [0.4, 0.5) is 0 Å². The molecular weight excluding hydrogens is 356 g/mol. The van der Waals surface area contributed by atoms with Gasteiger partial charge in [-0.05, 0) is 29.7 Å². The molecule has 0 bridgehead atoms. The van der Waals surface area contributed by atoms with Gasteiger partial charge in [0.15, 0.2) is 0 Å². The maximum absolute atomic E-state index is 12.4. The second kappa shape index (κ2) is 6.37. The van der Waals surface area contributed by atoms with Crippen molar-refractivity contribution in [1.82, 2.24) is 0 Å². The van der Waals surface area contributed by atoms with Gasteiger partial charge >= 0.3 is 23.9 Å². The van der Waals surface area contributed by atoms with Crippen LogP contribution in [-0.2, 0) is 24.6 Å². The summed E-state index contributed by atoms with van der Waals surface area (Å²) < 4.78 is 0. The smallest absolute Gasteiger partial charge is 0.315 e. The lowest BCUT2D eigenvalue weighted by Crippen LogP contribution is -2.71. The number of benzene rings is 1. The summed E-state index contributed by atoms with van der Waals surface area (Å²) in [6.45, 7) is 1.52. The van der Waals surface area contributed by atoms with Gasteiger partial charge in [0.2, 0.25) is 0 Å². The van der Waals surface area contributed by atoms with Crippen molar-refractivity contribution >= 4 is 23.9 Å². The van der Waals surface area contributed by atoms with Crippen LogP contribution in [0.2, 0.25) is 0 Å². The van der Waals surface area contributed by atoms with Crippen molar-refractivity contribution in [2.45, 2.75) is 18.8 Å². The predicted molar refractivity (Wildman–Crippen MR) is 89.9 cm³/mol. The van der Waals surface area contributed by atoms with E-state index in [9.17, 15) is 39.6 Å². The van der Waals surface area contributed by atoms with E-state index in [2.05, 4.69) is 0 Å². The summed E-state index contributed by atoms with van der Waals surface area (Å²) in [5.74, 6) is -11.4. The molecule has 7 unspecified atom stereocenters. The van der Waals surface area contributed by atoms with E-state index in [4.69, 9.17) is 0 Å². The number of carbonyl (C=O) groups is 4. The summed E-state index contributed by atoms with van der Waals surface area (Å²) >= 11 is 0. The highest BCUT2D eigenvalue weighted by Crippen LogP contribution is 2.66. The average molecular weight is 376 g/mol. The second-order valence-electron chi connectivity index (χ2n) is 7.45. The zero-order chi connectivity index (χ0) is 20.1. The highest BCUT2D eigenvalue weighted by Gasteiger charge is 2.74. The van der Waals surface area contributed by atoms with Crippen LogP contribution >= 0.6 is 0 Å². The summed E-state index contributed by atoms with van der Waals surface area (Å²) in [5.41, 5.74) is -1.48. The van der Waals surface area contributed by atoms with Crippen LogP contribution in [0.5, 0.6) is 0 Å². The molecule has 144 valence electrons. The molecule has 2 saturated carbocycles. The van der Waals surface area contributed by atoms with Crippen molar-refractivity contribution < 1.29 is 39.6 Å². The number of hydrogen-bond donors (Lipinski definition) is 4. The SMILES string of the molecule is CC1C(C(=O)O)C(C(=O)O)CC2C(C(=O)O)C(C(=O)O)(c3ccccc3)C12. The minimum Gasteiger partial charge on any atom is -0.481 e. The third-order valence-corrected chi connectivity index (χ3v) is 6.47. The molecule has 7 atom stereocenters. The highest BCUT2D eigenvalue weighted by atomic mass is 16.4. The summed E-state index contributed by atoms with van der Waals surface area (Å²) in [7, 11) is 0. The quantitative estimate of drug-likeness (QED) is 0.602. The Morgan fingerprint density at radius 2 is 1.52 bits per heavy atom. The lowest BCUT2D eigenvalue weighted by Gasteiger charge is -2.63. The Kier molecular flexibility index (Phi) is 4.45. The molecule has 3 rings (SSSR count). The lowest BCUT2D eigenvalue weighted by molar-refractivity contribution is -0.206. The normalized spacial score (nSPS) is 37.5. The van der Waals surface area contributed by atoms with E-state index < -0.39 is 64.8 Å². The van der Waals surface area contributed by atoms with Crippen molar-refractivity contribution in [2.24, 2.45) is 35.5 Å². The zero-order valence-electron chi connectivity index (χ0n) is 14.5. The third kappa shape index (κ3) is 2.43. The van der Waals surface area contributed by atoms with Crippen molar-refractivity contribution in [3.63, 3.8) is 0 Å². The van der Waals surface area contributed by atoms with Gasteiger partial charge in [-0.25, -0.2) is 0 Å². The first-order valence-electron chi connectivity index (χ1n) is 8.63. The Morgan fingerprint density at radius 1 is 0.926 bits per heavy atom. The Labute approximate surface area is 154 Å². The number of aliphatic carboxylic acids is 4. The van der Waals surface area contributed by atoms with E-state index in [0.29, 0.717) is 5.56 Å². The van der Waals surface area contributed by atoms with Gasteiger partial charge in [-0.3, -0.25) is 19.2 Å². The van der Waals surface area contributed by atoms with E-state index in [1.165, 1.54) is 19.1 Å². The van der Waals surface area contributed by atoms with E-state index in [-0.39, 0.29) is 6.42 Å². The number of rotatable bonds is 5. The second-order valence-corrected chi connectivity index (χ2v) is 7.45. The van der Waals surface area contributed by atoms with Crippen LogP contribution in [0.25, 0.3) is 0 Å². The van der Waals surface area contributed by atoms with Gasteiger partial charge in [0, 0.05) is 0 Å². The summed E-state index contributed by atoms with van der Waals surface area (Å²) in [4.78, 5) is 47.8. The maximum atomic E-state index is 12.4. The molecule has 0 aliphatic heterocycles. The van der Waals surface area contributed by atoms with Crippen molar-refractivity contribution in [1.29, 1.82) is 0 Å². The van der Waals surface area contributed by atoms with Crippen LogP contribution in [0.15, 0.2) is 30.3 Å². The van der Waals surface area contributed by atoms with Crippen LogP contribution < -0.4 is 0 Å². The minimum absolute atomic E-state index is 0.167. The average Bonchev–Trinajstić information content (AvgIpc) is 2.55. The van der Waals surface area contributed by atoms with Crippen molar-refractivity contribution in [3.8, 4) is 0 Å². The molecule has 0 amide bonds. The van der Waals surface area contributed by atoms with Crippen molar-refractivity contribution in [3.05, 3.63) is 35.9 Å². The molecule has 1 aromatic carbocycles. The van der Waals surface area contributed by atoms with Crippen LogP contribution in [0.3, 0.4) is 0 Å². The van der Waals surface area contributed by atoms with Gasteiger partial charge in [0.25, 0.3) is 0 Å². The van der Waals surface area contributed by atoms with E-state index in [1.54, 1.807) is 18.2 Å². The van der Waals surface area contributed by atoms with E-state index >= 15 is 0 Å². The summed E-state index contributed by atoms with van der Waals surface area (Å²) in [6.07, 6.45) is -0.167. The highest BCUT2D eigenvalue weighted by molar-refractivity contribution is 5.93. The monoisotopic (exact) mass is 376 g/mol. The standard InChI is InChI=1S/C19H20O8/c1-8-12(16(22)23)10(15(20)21)7-11-13(8)19(18(26)27,14(11)17(24)25)9-5-3-2-4-6-9/h2-6,8,10-14H,7H2,1H3,(H,20,21)(H,22,23)(H,24,25)(H,26,27). The molecular formula is C19H20O8. The predicted octanol–water partition coefficient (Wildman–Crippen LogP) is 1.40. The summed E-state index contributed by atoms with van der Waals surface area (Å²) in [5, 5.41) is 38.9. The number of fused-ring (bicyclic) bond motifs is 1. The molecule has 1 aromatic rings. The molecule has 0 radical (unpaired) electrons. The molecule has 8 nitrogen and oxygen atoms in total. The minimum atomic E-state index is -1.78.